The molecular weight excluding hydrogens is 520 g/mol. The van der Waals surface area contributed by atoms with Crippen LogP contribution >= 0.6 is 0 Å². The van der Waals surface area contributed by atoms with Gasteiger partial charge in [-0.2, -0.15) is 0 Å². The Labute approximate surface area is 237 Å². The maximum Gasteiger partial charge on any atom is 0.339 e. The molecule has 8 nitrogen and oxygen atoms in total. The molecule has 1 aromatic heterocycles. The van der Waals surface area contributed by atoms with E-state index in [1.807, 2.05) is 42.6 Å². The van der Waals surface area contributed by atoms with E-state index < -0.39 is 12.1 Å². The second-order valence-corrected chi connectivity index (χ2v) is 10.9. The third-order valence-electron chi connectivity index (χ3n) is 8.80. The molecule has 0 unspecified atom stereocenters. The zero-order chi connectivity index (χ0) is 28.7. The van der Waals surface area contributed by atoms with Crippen molar-refractivity contribution in [3.05, 3.63) is 108 Å². The van der Waals surface area contributed by atoms with Crippen molar-refractivity contribution < 1.29 is 30.0 Å². The van der Waals surface area contributed by atoms with E-state index in [1.54, 1.807) is 18.2 Å². The summed E-state index contributed by atoms with van der Waals surface area (Å²) in [6.45, 7) is 1.01. The molecule has 8 rings (SSSR count). The van der Waals surface area contributed by atoms with Gasteiger partial charge in [0.25, 0.3) is 0 Å². The highest BCUT2D eigenvalue weighted by atomic mass is 16.5. The second-order valence-electron chi connectivity index (χ2n) is 10.9. The minimum Gasteiger partial charge on any atom is -0.507 e. The Morgan fingerprint density at radius 1 is 0.976 bits per heavy atom. The predicted molar refractivity (Wildman–Crippen MR) is 154 cm³/mol. The quantitative estimate of drug-likeness (QED) is 0.254. The van der Waals surface area contributed by atoms with Gasteiger partial charge in [0.15, 0.2) is 11.5 Å². The van der Waals surface area contributed by atoms with Crippen LogP contribution in [-0.4, -0.2) is 68.1 Å². The summed E-state index contributed by atoms with van der Waals surface area (Å²) in [4.78, 5) is 16.9. The Balaban J connectivity index is 0.000000127. The van der Waals surface area contributed by atoms with Gasteiger partial charge in [-0.05, 0) is 62.3 Å². The number of aromatic carboxylic acids is 1. The van der Waals surface area contributed by atoms with Crippen LogP contribution in [-0.2, 0) is 11.8 Å². The first kappa shape index (κ1) is 26.8. The molecule has 0 radical (unpaired) electrons. The molecule has 1 saturated heterocycles. The van der Waals surface area contributed by atoms with Crippen molar-refractivity contribution in [2.45, 2.75) is 36.5 Å². The number of aromatic nitrogens is 1. The number of pyridine rings is 1. The first-order chi connectivity index (χ1) is 19.8. The highest BCUT2D eigenvalue weighted by Gasteiger charge is 2.64. The van der Waals surface area contributed by atoms with Crippen LogP contribution in [0.25, 0.3) is 10.9 Å². The second kappa shape index (κ2) is 10.5. The number of carboxylic acids is 1. The molecule has 1 fully saturated rings. The lowest BCUT2D eigenvalue weighted by atomic mass is 9.53. The summed E-state index contributed by atoms with van der Waals surface area (Å²) in [5.74, 6) is -0.123. The Bertz CT molecular complexity index is 1570. The van der Waals surface area contributed by atoms with Gasteiger partial charge in [0.05, 0.1) is 5.52 Å². The standard InChI is InChI=1S/C17H19NO3.C9H7N.C7H6O3/c1-18-7-6-17-10-3-5-13(20)16(17)21-15-12(19)4-2-9(14(15)17)8-11(10)18;1-2-6-9-8(4-1)5-3-7-10-9;8-6-4-2-1-3-5(6)7(9)10/h2-5,10-11,13,16,19-20H,6-8H2,1H3;1-7H;1-4,8H,(H,9,10)/t10-,11+,13-,16-,17-;;/m0../s1. The smallest absolute Gasteiger partial charge is 0.339 e. The molecule has 210 valence electrons. The fourth-order valence-corrected chi connectivity index (χ4v) is 6.91. The number of para-hydroxylation sites is 2. The number of benzene rings is 3. The normalized spacial score (nSPS) is 26.5. The maximum absolute atomic E-state index is 10.4. The van der Waals surface area contributed by atoms with Crippen molar-refractivity contribution in [3.8, 4) is 17.2 Å². The molecule has 3 aromatic carbocycles. The molecule has 5 atom stereocenters. The number of carboxylic acid groups (broad SMARTS) is 1. The number of aromatic hydroxyl groups is 2. The molecule has 4 N–H and O–H groups in total. The van der Waals surface area contributed by atoms with Crippen molar-refractivity contribution in [2.75, 3.05) is 13.6 Å². The third kappa shape index (κ3) is 4.49. The molecule has 8 heteroatoms. The Morgan fingerprint density at radius 3 is 2.49 bits per heavy atom. The number of phenolic OH excluding ortho intramolecular Hbond substituents is 1. The van der Waals surface area contributed by atoms with Gasteiger partial charge in [0.2, 0.25) is 0 Å². The van der Waals surface area contributed by atoms with Crippen LogP contribution in [0.3, 0.4) is 0 Å². The number of carbonyl (C=O) groups is 1. The number of hydrogen-bond acceptors (Lipinski definition) is 7. The molecule has 4 aromatic rings. The zero-order valence-electron chi connectivity index (χ0n) is 22.6. The number of rotatable bonds is 1. The Hall–Kier alpha value is -4.40. The summed E-state index contributed by atoms with van der Waals surface area (Å²) in [6, 6.07) is 22.1. The van der Waals surface area contributed by atoms with E-state index in [4.69, 9.17) is 14.9 Å². The van der Waals surface area contributed by atoms with Gasteiger partial charge in [-0.1, -0.05) is 54.6 Å². The summed E-state index contributed by atoms with van der Waals surface area (Å²) < 4.78 is 6.09. The number of likely N-dealkylation sites (N-methyl/N-ethyl adjacent to an activating group) is 1. The van der Waals surface area contributed by atoms with E-state index in [9.17, 15) is 15.0 Å². The molecular formula is C33H32N2O6. The van der Waals surface area contributed by atoms with Crippen LogP contribution in [0.2, 0.25) is 0 Å². The fraction of sp³-hybridized carbons (Fsp3) is 0.273. The lowest BCUT2D eigenvalue weighted by Gasteiger charge is -2.56. The number of likely N-dealkylation sites (tertiary alicyclic amines) is 1. The van der Waals surface area contributed by atoms with Crippen LogP contribution < -0.4 is 4.74 Å². The van der Waals surface area contributed by atoms with Gasteiger partial charge in [0.1, 0.15) is 23.5 Å². The van der Waals surface area contributed by atoms with Gasteiger partial charge in [-0.3, -0.25) is 4.98 Å². The molecule has 1 spiro atoms. The van der Waals surface area contributed by atoms with Crippen LogP contribution in [0.1, 0.15) is 27.9 Å². The number of fused-ring (bicyclic) bond motifs is 1. The van der Waals surface area contributed by atoms with Crippen LogP contribution in [0.15, 0.2) is 91.1 Å². The average molecular weight is 553 g/mol. The van der Waals surface area contributed by atoms with Gasteiger partial charge in [-0.15, -0.1) is 0 Å². The zero-order valence-corrected chi connectivity index (χ0v) is 22.6. The monoisotopic (exact) mass is 552 g/mol. The first-order valence-electron chi connectivity index (χ1n) is 13.7. The number of aliphatic hydroxyl groups is 1. The van der Waals surface area contributed by atoms with E-state index in [0.717, 1.165) is 24.9 Å². The maximum atomic E-state index is 10.4. The van der Waals surface area contributed by atoms with Gasteiger partial charge >= 0.3 is 5.97 Å². The van der Waals surface area contributed by atoms with E-state index in [-0.39, 0.29) is 28.6 Å². The molecule has 2 aliphatic heterocycles. The largest absolute Gasteiger partial charge is 0.507 e. The molecule has 41 heavy (non-hydrogen) atoms. The highest BCUT2D eigenvalue weighted by molar-refractivity contribution is 5.90. The number of nitrogens with zero attached hydrogens (tertiary/aromatic N) is 2. The minimum atomic E-state index is -1.11. The summed E-state index contributed by atoms with van der Waals surface area (Å²) >= 11 is 0. The SMILES string of the molecule is CN1CC[C@]23c4c5ccc(O)c4O[C@H]2[C@@H](O)C=C[C@H]3[C@H]1C5.O=C(O)c1ccccc1O.c1ccc2ncccc2c1. The molecule has 0 amide bonds. The number of piperidine rings is 1. The van der Waals surface area contributed by atoms with Crippen molar-refractivity contribution in [1.82, 2.24) is 9.88 Å². The summed E-state index contributed by atoms with van der Waals surface area (Å²) in [6.07, 6.45) is 6.99. The summed E-state index contributed by atoms with van der Waals surface area (Å²) in [5, 5.41) is 39.2. The van der Waals surface area contributed by atoms with Crippen molar-refractivity contribution in [2.24, 2.45) is 5.92 Å². The van der Waals surface area contributed by atoms with Gasteiger partial charge in [-0.25, -0.2) is 4.79 Å². The van der Waals surface area contributed by atoms with Crippen LogP contribution in [0, 0.1) is 5.92 Å². The predicted octanol–water partition coefficient (Wildman–Crippen LogP) is 4.52. The summed E-state index contributed by atoms with van der Waals surface area (Å²) in [5.41, 5.74) is 3.28. The topological polar surface area (TPSA) is 123 Å². The first-order valence-corrected chi connectivity index (χ1v) is 13.7. The number of aliphatic hydroxyl groups excluding tert-OH is 1. The third-order valence-corrected chi connectivity index (χ3v) is 8.80. The Morgan fingerprint density at radius 2 is 1.73 bits per heavy atom. The minimum absolute atomic E-state index is 0.0671. The lowest BCUT2D eigenvalue weighted by Crippen LogP contribution is -2.64. The molecule has 0 saturated carbocycles. The van der Waals surface area contributed by atoms with Gasteiger partial charge in [0, 0.05) is 34.5 Å². The van der Waals surface area contributed by atoms with E-state index in [1.165, 1.54) is 28.6 Å². The van der Waals surface area contributed by atoms with E-state index in [0.29, 0.717) is 17.7 Å². The van der Waals surface area contributed by atoms with E-state index >= 15 is 0 Å². The highest BCUT2D eigenvalue weighted by Crippen LogP contribution is 2.62. The molecule has 2 bridgehead atoms. The summed E-state index contributed by atoms with van der Waals surface area (Å²) in [7, 11) is 2.19. The molecule has 4 aliphatic rings. The van der Waals surface area contributed by atoms with Crippen molar-refractivity contribution in [3.63, 3.8) is 0 Å². The lowest BCUT2D eigenvalue weighted by molar-refractivity contribution is -0.0453. The van der Waals surface area contributed by atoms with E-state index in [2.05, 4.69) is 35.1 Å². The Kier molecular flexibility index (Phi) is 6.89. The molecule has 3 heterocycles. The fourth-order valence-electron chi connectivity index (χ4n) is 6.91. The van der Waals surface area contributed by atoms with Crippen LogP contribution in [0.5, 0.6) is 17.2 Å². The average Bonchev–Trinajstić information content (AvgIpc) is 3.34. The molecule has 2 aliphatic carbocycles. The van der Waals surface area contributed by atoms with Crippen LogP contribution in [0.4, 0.5) is 0 Å². The van der Waals surface area contributed by atoms with Crippen molar-refractivity contribution >= 4 is 16.9 Å². The number of phenols is 2. The number of ether oxygens (including phenoxy) is 1. The number of hydrogen-bond donors (Lipinski definition) is 4. The van der Waals surface area contributed by atoms with Crippen molar-refractivity contribution in [1.29, 1.82) is 0 Å². The van der Waals surface area contributed by atoms with Gasteiger partial charge < -0.3 is 30.1 Å².